The monoisotopic (exact) mass is 347 g/mol. The zero-order valence-corrected chi connectivity index (χ0v) is 14.3. The number of benzene rings is 1. The minimum absolute atomic E-state index is 0.0184. The molecule has 1 fully saturated rings. The van der Waals surface area contributed by atoms with Crippen molar-refractivity contribution in [2.45, 2.75) is 25.8 Å². The molecule has 7 heteroatoms. The summed E-state index contributed by atoms with van der Waals surface area (Å²) in [4.78, 5) is 14.9. The Morgan fingerprint density at radius 3 is 2.88 bits per heavy atom. The molecular formula is C17H18ClN3O3. The van der Waals surface area contributed by atoms with Crippen molar-refractivity contribution in [3.8, 4) is 11.5 Å². The highest BCUT2D eigenvalue weighted by atomic mass is 35.5. The Morgan fingerprint density at radius 2 is 2.12 bits per heavy atom. The molecule has 0 unspecified atom stereocenters. The lowest BCUT2D eigenvalue weighted by Crippen LogP contribution is -2.30. The van der Waals surface area contributed by atoms with E-state index in [2.05, 4.69) is 5.10 Å². The molecule has 0 saturated carbocycles. The van der Waals surface area contributed by atoms with E-state index in [9.17, 15) is 4.79 Å². The highest BCUT2D eigenvalue weighted by Gasteiger charge is 2.35. The molecule has 1 aromatic carbocycles. The van der Waals surface area contributed by atoms with Crippen molar-refractivity contribution in [1.29, 1.82) is 0 Å². The second-order valence-corrected chi connectivity index (χ2v) is 6.50. The van der Waals surface area contributed by atoms with Crippen LogP contribution in [0.4, 0.5) is 0 Å². The quantitative estimate of drug-likeness (QED) is 0.837. The van der Waals surface area contributed by atoms with Gasteiger partial charge < -0.3 is 14.4 Å². The van der Waals surface area contributed by atoms with E-state index >= 15 is 0 Å². The summed E-state index contributed by atoms with van der Waals surface area (Å²) < 4.78 is 12.3. The van der Waals surface area contributed by atoms with Gasteiger partial charge in [0.05, 0.1) is 11.7 Å². The number of fused-ring (bicyclic) bond motifs is 1. The van der Waals surface area contributed by atoms with Crippen molar-refractivity contribution in [2.75, 3.05) is 13.3 Å². The second-order valence-electron chi connectivity index (χ2n) is 6.14. The van der Waals surface area contributed by atoms with E-state index in [0.29, 0.717) is 28.8 Å². The van der Waals surface area contributed by atoms with Gasteiger partial charge in [-0.1, -0.05) is 11.6 Å². The number of ether oxygens (including phenoxy) is 2. The number of nitrogens with zero attached hydrogens (tertiary/aromatic N) is 3. The molecule has 126 valence electrons. The third-order valence-corrected chi connectivity index (χ3v) is 5.11. The zero-order valence-electron chi connectivity index (χ0n) is 13.6. The van der Waals surface area contributed by atoms with Crippen LogP contribution in [0.15, 0.2) is 18.2 Å². The van der Waals surface area contributed by atoms with Crippen LogP contribution in [0.2, 0.25) is 5.15 Å². The van der Waals surface area contributed by atoms with Gasteiger partial charge in [-0.2, -0.15) is 5.10 Å². The number of likely N-dealkylation sites (tertiary alicyclic amines) is 1. The van der Waals surface area contributed by atoms with Crippen LogP contribution in [0.3, 0.4) is 0 Å². The summed E-state index contributed by atoms with van der Waals surface area (Å²) in [6, 6.07) is 5.27. The summed E-state index contributed by atoms with van der Waals surface area (Å²) in [5.74, 6) is 1.28. The summed E-state index contributed by atoms with van der Waals surface area (Å²) in [5, 5.41) is 4.98. The summed E-state index contributed by atoms with van der Waals surface area (Å²) in [6.45, 7) is 2.84. The molecule has 2 aromatic rings. The number of aryl methyl sites for hydroxylation is 2. The third kappa shape index (κ3) is 2.33. The third-order valence-electron chi connectivity index (χ3n) is 4.66. The molecule has 0 bridgehead atoms. The van der Waals surface area contributed by atoms with E-state index < -0.39 is 0 Å². The van der Waals surface area contributed by atoms with Crippen LogP contribution in [0.5, 0.6) is 11.5 Å². The standard InChI is InChI=1S/C17H18ClN3O3/c1-10-15(16(18)20(2)19-10)12-4-3-7-21(12)17(22)11-5-6-13-14(8-11)24-9-23-13/h5-6,8,12H,3-4,7,9H2,1-2H3/t12-/m0/s1. The lowest BCUT2D eigenvalue weighted by Gasteiger charge is -2.25. The van der Waals surface area contributed by atoms with Crippen molar-refractivity contribution < 1.29 is 14.3 Å². The van der Waals surface area contributed by atoms with Gasteiger partial charge in [-0.25, -0.2) is 0 Å². The van der Waals surface area contributed by atoms with Gasteiger partial charge in [0, 0.05) is 24.7 Å². The minimum atomic E-state index is -0.0378. The van der Waals surface area contributed by atoms with Crippen LogP contribution in [-0.4, -0.2) is 33.9 Å². The Morgan fingerprint density at radius 1 is 1.33 bits per heavy atom. The molecule has 0 spiro atoms. The van der Waals surface area contributed by atoms with Gasteiger partial charge in [-0.05, 0) is 38.0 Å². The number of carbonyl (C=O) groups is 1. The summed E-state index contributed by atoms with van der Waals surface area (Å²) >= 11 is 6.41. The van der Waals surface area contributed by atoms with Gasteiger partial charge in [0.1, 0.15) is 5.15 Å². The number of hydrogen-bond acceptors (Lipinski definition) is 4. The largest absolute Gasteiger partial charge is 0.454 e. The van der Waals surface area contributed by atoms with Crippen LogP contribution in [-0.2, 0) is 7.05 Å². The Bertz CT molecular complexity index is 818. The first kappa shape index (κ1) is 15.3. The molecule has 2 aliphatic heterocycles. The van der Waals surface area contributed by atoms with Crippen LogP contribution >= 0.6 is 11.6 Å². The summed E-state index contributed by atoms with van der Waals surface area (Å²) in [6.07, 6.45) is 1.84. The number of aromatic nitrogens is 2. The van der Waals surface area contributed by atoms with Gasteiger partial charge in [-0.3, -0.25) is 9.48 Å². The van der Waals surface area contributed by atoms with Gasteiger partial charge in [0.25, 0.3) is 5.91 Å². The fourth-order valence-electron chi connectivity index (χ4n) is 3.53. The normalized spacial score (nSPS) is 19.1. The molecule has 1 saturated heterocycles. The molecule has 4 rings (SSSR count). The van der Waals surface area contributed by atoms with Crippen LogP contribution < -0.4 is 9.47 Å². The Balaban J connectivity index is 1.66. The smallest absolute Gasteiger partial charge is 0.254 e. The minimum Gasteiger partial charge on any atom is -0.454 e. The lowest BCUT2D eigenvalue weighted by atomic mass is 10.0. The van der Waals surface area contributed by atoms with E-state index in [4.69, 9.17) is 21.1 Å². The van der Waals surface area contributed by atoms with E-state index in [0.717, 1.165) is 24.1 Å². The average Bonchev–Trinajstić information content (AvgIpc) is 3.26. The Hall–Kier alpha value is -2.21. The molecule has 1 amide bonds. The van der Waals surface area contributed by atoms with Gasteiger partial charge in [0.2, 0.25) is 6.79 Å². The molecule has 3 heterocycles. The van der Waals surface area contributed by atoms with Crippen molar-refractivity contribution in [2.24, 2.45) is 7.05 Å². The first-order valence-corrected chi connectivity index (χ1v) is 8.33. The number of rotatable bonds is 2. The highest BCUT2D eigenvalue weighted by Crippen LogP contribution is 2.39. The number of carbonyl (C=O) groups excluding carboxylic acids is 1. The maximum absolute atomic E-state index is 13.0. The van der Waals surface area contributed by atoms with Crippen molar-refractivity contribution in [1.82, 2.24) is 14.7 Å². The summed E-state index contributed by atoms with van der Waals surface area (Å²) in [7, 11) is 1.82. The van der Waals surface area contributed by atoms with Gasteiger partial charge >= 0.3 is 0 Å². The SMILES string of the molecule is Cc1nn(C)c(Cl)c1[C@@H]1CCCN1C(=O)c1ccc2c(c1)OCO2. The van der Waals surface area contributed by atoms with Gasteiger partial charge in [-0.15, -0.1) is 0 Å². The Kier molecular flexibility index (Phi) is 3.64. The number of hydrogen-bond donors (Lipinski definition) is 0. The van der Waals surface area contributed by atoms with E-state index in [1.54, 1.807) is 22.9 Å². The molecule has 0 radical (unpaired) electrons. The molecule has 0 N–H and O–H groups in total. The van der Waals surface area contributed by atoms with Crippen molar-refractivity contribution >= 4 is 17.5 Å². The number of amides is 1. The van der Waals surface area contributed by atoms with Crippen molar-refractivity contribution in [3.63, 3.8) is 0 Å². The Labute approximate surface area is 144 Å². The molecule has 0 aliphatic carbocycles. The van der Waals surface area contributed by atoms with E-state index in [1.807, 2.05) is 18.9 Å². The van der Waals surface area contributed by atoms with Crippen LogP contribution in [0.25, 0.3) is 0 Å². The maximum atomic E-state index is 13.0. The molecule has 1 atom stereocenters. The zero-order chi connectivity index (χ0) is 16.8. The predicted molar refractivity (Wildman–Crippen MR) is 88.5 cm³/mol. The second kappa shape index (κ2) is 5.70. The van der Waals surface area contributed by atoms with Crippen LogP contribution in [0.1, 0.15) is 40.5 Å². The topological polar surface area (TPSA) is 56.6 Å². The summed E-state index contributed by atoms with van der Waals surface area (Å²) in [5.41, 5.74) is 2.42. The van der Waals surface area contributed by atoms with E-state index in [-0.39, 0.29) is 18.7 Å². The lowest BCUT2D eigenvalue weighted by molar-refractivity contribution is 0.0735. The molecule has 2 aliphatic rings. The van der Waals surface area contributed by atoms with Crippen molar-refractivity contribution in [3.05, 3.63) is 40.2 Å². The fourth-order valence-corrected chi connectivity index (χ4v) is 3.83. The molecular weight excluding hydrogens is 330 g/mol. The first-order valence-electron chi connectivity index (χ1n) is 7.96. The molecule has 1 aromatic heterocycles. The average molecular weight is 348 g/mol. The van der Waals surface area contributed by atoms with Crippen LogP contribution in [0, 0.1) is 6.92 Å². The predicted octanol–water partition coefficient (Wildman–Crippen LogP) is 3.09. The van der Waals surface area contributed by atoms with Gasteiger partial charge in [0.15, 0.2) is 11.5 Å². The fraction of sp³-hybridized carbons (Fsp3) is 0.412. The van der Waals surface area contributed by atoms with E-state index in [1.165, 1.54) is 0 Å². The molecule has 24 heavy (non-hydrogen) atoms. The number of halogens is 1. The molecule has 6 nitrogen and oxygen atoms in total. The first-order chi connectivity index (χ1) is 11.6. The highest BCUT2D eigenvalue weighted by molar-refractivity contribution is 6.30. The maximum Gasteiger partial charge on any atom is 0.254 e.